The number of amides is 1. The summed E-state index contributed by atoms with van der Waals surface area (Å²) in [6.45, 7) is 5.64. The van der Waals surface area contributed by atoms with Gasteiger partial charge in [-0.15, -0.1) is 16.9 Å². The van der Waals surface area contributed by atoms with Crippen LogP contribution in [0.25, 0.3) is 0 Å². The highest BCUT2D eigenvalue weighted by Gasteiger charge is 2.26. The van der Waals surface area contributed by atoms with Crippen molar-refractivity contribution >= 4 is 29.2 Å². The molecule has 6 heteroatoms. The second kappa shape index (κ2) is 6.79. The van der Waals surface area contributed by atoms with E-state index in [9.17, 15) is 4.79 Å². The molecule has 4 nitrogen and oxygen atoms in total. The van der Waals surface area contributed by atoms with E-state index >= 15 is 0 Å². The highest BCUT2D eigenvalue weighted by molar-refractivity contribution is 8.00. The molecule has 1 amide bonds. The normalized spacial score (nSPS) is 16.0. The Labute approximate surface area is 139 Å². The number of carbonyl (C=O) groups excluding carboxylic acids is 1. The van der Waals surface area contributed by atoms with E-state index < -0.39 is 0 Å². The van der Waals surface area contributed by atoms with Gasteiger partial charge in [-0.1, -0.05) is 22.7 Å². The molecule has 2 heterocycles. The van der Waals surface area contributed by atoms with Crippen LogP contribution in [0.15, 0.2) is 29.2 Å². The van der Waals surface area contributed by atoms with Crippen LogP contribution in [-0.4, -0.2) is 38.7 Å². The fourth-order valence-electron chi connectivity index (χ4n) is 2.62. The van der Waals surface area contributed by atoms with E-state index in [0.717, 1.165) is 31.6 Å². The van der Waals surface area contributed by atoms with Crippen LogP contribution in [0.5, 0.6) is 0 Å². The number of aryl methyl sites for hydroxylation is 2. The maximum Gasteiger partial charge on any atom is 0.267 e. The molecule has 22 heavy (non-hydrogen) atoms. The van der Waals surface area contributed by atoms with Gasteiger partial charge in [0.05, 0.1) is 5.69 Å². The molecule has 0 radical (unpaired) electrons. The summed E-state index contributed by atoms with van der Waals surface area (Å²) in [5.41, 5.74) is 2.07. The van der Waals surface area contributed by atoms with Gasteiger partial charge >= 0.3 is 0 Å². The Kier molecular flexibility index (Phi) is 4.78. The predicted molar refractivity (Wildman–Crippen MR) is 90.6 cm³/mol. The number of benzene rings is 1. The van der Waals surface area contributed by atoms with Crippen LogP contribution in [0.2, 0.25) is 0 Å². The van der Waals surface area contributed by atoms with Crippen molar-refractivity contribution < 1.29 is 4.79 Å². The average molecular weight is 333 g/mol. The molecule has 0 N–H and O–H groups in total. The fraction of sp³-hybridized carbons (Fsp3) is 0.438. The second-order valence-corrected chi connectivity index (χ2v) is 7.66. The van der Waals surface area contributed by atoms with Crippen LogP contribution >= 0.6 is 23.3 Å². The Morgan fingerprint density at radius 1 is 1.27 bits per heavy atom. The van der Waals surface area contributed by atoms with Crippen LogP contribution in [-0.2, 0) is 0 Å². The Balaban J connectivity index is 1.58. The van der Waals surface area contributed by atoms with E-state index in [1.165, 1.54) is 22.0 Å². The van der Waals surface area contributed by atoms with Crippen molar-refractivity contribution in [1.29, 1.82) is 0 Å². The van der Waals surface area contributed by atoms with Crippen LogP contribution < -0.4 is 0 Å². The van der Waals surface area contributed by atoms with Gasteiger partial charge in [-0.2, -0.15) is 0 Å². The van der Waals surface area contributed by atoms with Crippen molar-refractivity contribution in [3.05, 3.63) is 40.4 Å². The first-order chi connectivity index (χ1) is 10.6. The third kappa shape index (κ3) is 3.33. The Morgan fingerprint density at radius 2 is 2.00 bits per heavy atom. The largest absolute Gasteiger partial charge is 0.338 e. The standard InChI is InChI=1S/C16H19N3OS2/c1-11-5-3-4-6-14(11)21-13-7-9-19(10-8-13)16(20)15-12(2)17-18-22-15/h3-6,13H,7-10H2,1-2H3. The zero-order valence-corrected chi connectivity index (χ0v) is 14.4. The molecule has 0 atom stereocenters. The van der Waals surface area contributed by atoms with E-state index in [4.69, 9.17) is 0 Å². The molecular formula is C16H19N3OS2. The molecule has 1 fully saturated rings. The minimum atomic E-state index is 0.0897. The Morgan fingerprint density at radius 3 is 2.64 bits per heavy atom. The van der Waals surface area contributed by atoms with E-state index in [-0.39, 0.29) is 5.91 Å². The molecule has 0 spiro atoms. The number of nitrogens with zero attached hydrogens (tertiary/aromatic N) is 3. The second-order valence-electron chi connectivity index (χ2n) is 5.56. The van der Waals surface area contributed by atoms with Gasteiger partial charge in [0.25, 0.3) is 5.91 Å². The quantitative estimate of drug-likeness (QED) is 0.862. The summed E-state index contributed by atoms with van der Waals surface area (Å²) < 4.78 is 3.86. The lowest BCUT2D eigenvalue weighted by molar-refractivity contribution is 0.0731. The molecule has 0 bridgehead atoms. The number of rotatable bonds is 3. The van der Waals surface area contributed by atoms with Crippen molar-refractivity contribution in [2.45, 2.75) is 36.8 Å². The Bertz CT molecular complexity index is 663. The lowest BCUT2D eigenvalue weighted by Gasteiger charge is -2.31. The maximum atomic E-state index is 12.5. The van der Waals surface area contributed by atoms with Crippen molar-refractivity contribution in [3.63, 3.8) is 0 Å². The molecule has 1 aromatic heterocycles. The zero-order chi connectivity index (χ0) is 15.5. The smallest absolute Gasteiger partial charge is 0.267 e. The first-order valence-electron chi connectivity index (χ1n) is 7.45. The van der Waals surface area contributed by atoms with E-state index in [0.29, 0.717) is 10.1 Å². The molecule has 0 unspecified atom stereocenters. The van der Waals surface area contributed by atoms with Gasteiger partial charge < -0.3 is 4.90 Å². The summed E-state index contributed by atoms with van der Waals surface area (Å²) in [4.78, 5) is 16.4. The number of aromatic nitrogens is 2. The van der Waals surface area contributed by atoms with Crippen LogP contribution in [0.1, 0.15) is 33.8 Å². The van der Waals surface area contributed by atoms with Crippen LogP contribution in [0, 0.1) is 13.8 Å². The maximum absolute atomic E-state index is 12.5. The van der Waals surface area contributed by atoms with E-state index in [1.54, 1.807) is 0 Å². The van der Waals surface area contributed by atoms with Gasteiger partial charge in [0.15, 0.2) is 0 Å². The van der Waals surface area contributed by atoms with E-state index in [2.05, 4.69) is 40.8 Å². The number of piperidine rings is 1. The molecule has 1 aliphatic heterocycles. The van der Waals surface area contributed by atoms with Crippen molar-refractivity contribution in [2.75, 3.05) is 13.1 Å². The molecule has 0 saturated carbocycles. The molecule has 1 aliphatic rings. The molecule has 1 saturated heterocycles. The Hall–Kier alpha value is -1.40. The van der Waals surface area contributed by atoms with Crippen molar-refractivity contribution in [2.24, 2.45) is 0 Å². The van der Waals surface area contributed by atoms with Crippen LogP contribution in [0.4, 0.5) is 0 Å². The highest BCUT2D eigenvalue weighted by Crippen LogP contribution is 2.32. The summed E-state index contributed by atoms with van der Waals surface area (Å²) in [6, 6.07) is 8.50. The summed E-state index contributed by atoms with van der Waals surface area (Å²) in [6.07, 6.45) is 2.08. The van der Waals surface area contributed by atoms with Gasteiger partial charge in [0, 0.05) is 23.2 Å². The number of thioether (sulfide) groups is 1. The van der Waals surface area contributed by atoms with Gasteiger partial charge in [-0.25, -0.2) is 0 Å². The summed E-state index contributed by atoms with van der Waals surface area (Å²) in [5.74, 6) is 0.0897. The topological polar surface area (TPSA) is 46.1 Å². The highest BCUT2D eigenvalue weighted by atomic mass is 32.2. The zero-order valence-electron chi connectivity index (χ0n) is 12.8. The fourth-order valence-corrected chi connectivity index (χ4v) is 4.46. The average Bonchev–Trinajstić information content (AvgIpc) is 2.96. The third-order valence-electron chi connectivity index (χ3n) is 3.96. The van der Waals surface area contributed by atoms with Gasteiger partial charge in [-0.3, -0.25) is 4.79 Å². The first-order valence-corrected chi connectivity index (χ1v) is 9.11. The number of hydrogen-bond acceptors (Lipinski definition) is 5. The monoisotopic (exact) mass is 333 g/mol. The molecule has 1 aromatic carbocycles. The minimum Gasteiger partial charge on any atom is -0.338 e. The third-order valence-corrected chi connectivity index (χ3v) is 6.29. The minimum absolute atomic E-state index is 0.0897. The molecule has 0 aliphatic carbocycles. The van der Waals surface area contributed by atoms with E-state index in [1.807, 2.05) is 23.6 Å². The SMILES string of the molecule is Cc1ccccc1SC1CCN(C(=O)c2snnc2C)CC1. The van der Waals surface area contributed by atoms with Crippen molar-refractivity contribution in [1.82, 2.24) is 14.5 Å². The van der Waals surface area contributed by atoms with Crippen molar-refractivity contribution in [3.8, 4) is 0 Å². The van der Waals surface area contributed by atoms with Gasteiger partial charge in [0.2, 0.25) is 0 Å². The van der Waals surface area contributed by atoms with Gasteiger partial charge in [0.1, 0.15) is 4.88 Å². The number of likely N-dealkylation sites (tertiary alicyclic amines) is 1. The number of hydrogen-bond donors (Lipinski definition) is 0. The van der Waals surface area contributed by atoms with Gasteiger partial charge in [-0.05, 0) is 49.9 Å². The summed E-state index contributed by atoms with van der Waals surface area (Å²) in [5, 5.41) is 4.52. The molecule has 2 aromatic rings. The molecular weight excluding hydrogens is 314 g/mol. The molecule has 116 valence electrons. The lowest BCUT2D eigenvalue weighted by atomic mass is 10.1. The molecule has 3 rings (SSSR count). The summed E-state index contributed by atoms with van der Waals surface area (Å²) >= 11 is 3.14. The summed E-state index contributed by atoms with van der Waals surface area (Å²) in [7, 11) is 0. The first kappa shape index (κ1) is 15.5. The van der Waals surface area contributed by atoms with Crippen LogP contribution in [0.3, 0.4) is 0 Å². The predicted octanol–water partition coefficient (Wildman–Crippen LogP) is 3.55. The lowest BCUT2D eigenvalue weighted by Crippen LogP contribution is -2.39. The number of carbonyl (C=O) groups is 1.